The summed E-state index contributed by atoms with van der Waals surface area (Å²) in [4.78, 5) is 8.01. The van der Waals surface area contributed by atoms with Crippen LogP contribution in [0.15, 0.2) is 36.8 Å². The lowest BCUT2D eigenvalue weighted by Crippen LogP contribution is -2.22. The highest BCUT2D eigenvalue weighted by molar-refractivity contribution is 7.75. The quantitative estimate of drug-likeness (QED) is 0.866. The zero-order valence-corrected chi connectivity index (χ0v) is 12.2. The molecule has 1 saturated heterocycles. The summed E-state index contributed by atoms with van der Waals surface area (Å²) >= 11 is -1.61. The van der Waals surface area contributed by atoms with E-state index in [0.29, 0.717) is 24.8 Å². The van der Waals surface area contributed by atoms with Crippen LogP contribution in [0.3, 0.4) is 0 Å². The van der Waals surface area contributed by atoms with E-state index in [1.54, 1.807) is 6.20 Å². The van der Waals surface area contributed by atoms with Gasteiger partial charge in [-0.25, -0.2) is 9.97 Å². The van der Waals surface area contributed by atoms with Gasteiger partial charge in [-0.15, -0.1) is 0 Å². The van der Waals surface area contributed by atoms with Crippen LogP contribution in [-0.2, 0) is 19.7 Å². The largest absolute Gasteiger partial charge is 0.439 e. The predicted octanol–water partition coefficient (Wildman–Crippen LogP) is 2.29. The Morgan fingerprint density at radius 3 is 2.62 bits per heavy atom. The van der Waals surface area contributed by atoms with Gasteiger partial charge in [-0.3, -0.25) is 8.37 Å². The average molecular weight is 306 g/mol. The Kier molecular flexibility index (Phi) is 4.23. The lowest BCUT2D eigenvalue weighted by atomic mass is 10.0. The number of aromatic nitrogens is 2. The Labute approximate surface area is 125 Å². The molecule has 0 saturated carbocycles. The van der Waals surface area contributed by atoms with Gasteiger partial charge in [-0.1, -0.05) is 12.1 Å². The molecule has 6 nitrogen and oxygen atoms in total. The fourth-order valence-electron chi connectivity index (χ4n) is 1.96. The first-order valence-electron chi connectivity index (χ1n) is 6.45. The number of benzene rings is 1. The summed E-state index contributed by atoms with van der Waals surface area (Å²) < 4.78 is 26.6. The fourth-order valence-corrected chi connectivity index (χ4v) is 2.58. The molecule has 21 heavy (non-hydrogen) atoms. The van der Waals surface area contributed by atoms with Crippen LogP contribution in [0, 0.1) is 6.92 Å². The second kappa shape index (κ2) is 6.30. The molecule has 1 fully saturated rings. The second-order valence-electron chi connectivity index (χ2n) is 4.65. The van der Waals surface area contributed by atoms with Crippen molar-refractivity contribution < 1.29 is 17.3 Å². The lowest BCUT2D eigenvalue weighted by Gasteiger charge is -2.21. The molecule has 3 rings (SSSR count). The minimum absolute atomic E-state index is 0.0811. The third kappa shape index (κ3) is 3.44. The van der Waals surface area contributed by atoms with E-state index in [9.17, 15) is 4.21 Å². The first kappa shape index (κ1) is 14.1. The van der Waals surface area contributed by atoms with Gasteiger partial charge in [-0.2, -0.15) is 4.21 Å². The standard InChI is InChI=1S/C14H14N2O4S/c1-10-6-15-9-16-14(10)20-13-4-2-11(3-5-13)12-7-18-21(17)19-8-12/h2-6,9,12H,7-8H2,1H3. The molecular formula is C14H14N2O4S. The molecule has 0 atom stereocenters. The van der Waals surface area contributed by atoms with Gasteiger partial charge < -0.3 is 4.74 Å². The molecule has 2 heterocycles. The molecule has 1 aliphatic heterocycles. The number of aryl methyl sites for hydroxylation is 1. The van der Waals surface area contributed by atoms with E-state index in [1.807, 2.05) is 31.2 Å². The molecule has 0 spiro atoms. The summed E-state index contributed by atoms with van der Waals surface area (Å²) in [6, 6.07) is 7.61. The molecule has 110 valence electrons. The fraction of sp³-hybridized carbons (Fsp3) is 0.286. The molecule has 0 aliphatic carbocycles. The van der Waals surface area contributed by atoms with Crippen LogP contribution < -0.4 is 4.74 Å². The Hall–Kier alpha value is -1.83. The van der Waals surface area contributed by atoms with Gasteiger partial charge in [0, 0.05) is 17.7 Å². The first-order valence-corrected chi connectivity index (χ1v) is 7.45. The number of hydrogen-bond donors (Lipinski definition) is 0. The Morgan fingerprint density at radius 1 is 1.24 bits per heavy atom. The van der Waals surface area contributed by atoms with Crippen molar-refractivity contribution >= 4 is 11.4 Å². The van der Waals surface area contributed by atoms with E-state index in [1.165, 1.54) is 6.33 Å². The van der Waals surface area contributed by atoms with Gasteiger partial charge in [0.25, 0.3) is 0 Å². The molecule has 0 unspecified atom stereocenters. The van der Waals surface area contributed by atoms with Crippen LogP contribution in [0.5, 0.6) is 11.6 Å². The zero-order chi connectivity index (χ0) is 14.7. The predicted molar refractivity (Wildman–Crippen MR) is 76.1 cm³/mol. The topological polar surface area (TPSA) is 70.5 Å². The second-order valence-corrected chi connectivity index (χ2v) is 5.53. The maximum Gasteiger partial charge on any atom is 0.304 e. The minimum atomic E-state index is -1.61. The van der Waals surface area contributed by atoms with Gasteiger partial charge >= 0.3 is 11.4 Å². The Balaban J connectivity index is 1.69. The van der Waals surface area contributed by atoms with Crippen molar-refractivity contribution in [3.05, 3.63) is 47.9 Å². The summed E-state index contributed by atoms with van der Waals surface area (Å²) in [7, 11) is 0. The maximum atomic E-state index is 11.0. The van der Waals surface area contributed by atoms with Crippen molar-refractivity contribution in [2.45, 2.75) is 12.8 Å². The van der Waals surface area contributed by atoms with Crippen LogP contribution >= 0.6 is 0 Å². The highest BCUT2D eigenvalue weighted by Gasteiger charge is 2.21. The molecule has 0 amide bonds. The van der Waals surface area contributed by atoms with Crippen LogP contribution in [0.25, 0.3) is 0 Å². The maximum absolute atomic E-state index is 11.0. The van der Waals surface area contributed by atoms with Crippen LogP contribution in [0.1, 0.15) is 17.0 Å². The zero-order valence-electron chi connectivity index (χ0n) is 11.4. The summed E-state index contributed by atoms with van der Waals surface area (Å²) in [5.74, 6) is 1.32. The third-order valence-corrected chi connectivity index (χ3v) is 3.80. The van der Waals surface area contributed by atoms with E-state index < -0.39 is 11.4 Å². The normalized spacial score (nSPS) is 22.0. The number of rotatable bonds is 3. The van der Waals surface area contributed by atoms with E-state index in [2.05, 4.69) is 9.97 Å². The highest BCUT2D eigenvalue weighted by atomic mass is 32.2. The van der Waals surface area contributed by atoms with E-state index in [4.69, 9.17) is 13.1 Å². The van der Waals surface area contributed by atoms with Crippen molar-refractivity contribution in [2.24, 2.45) is 0 Å². The molecule has 1 aliphatic rings. The van der Waals surface area contributed by atoms with Crippen molar-refractivity contribution in [1.82, 2.24) is 9.97 Å². The summed E-state index contributed by atoms with van der Waals surface area (Å²) in [6.07, 6.45) is 3.15. The number of ether oxygens (including phenoxy) is 1. The van der Waals surface area contributed by atoms with Crippen LogP contribution in [0.4, 0.5) is 0 Å². The number of hydrogen-bond acceptors (Lipinski definition) is 6. The third-order valence-electron chi connectivity index (χ3n) is 3.14. The molecular weight excluding hydrogens is 292 g/mol. The smallest absolute Gasteiger partial charge is 0.304 e. The van der Waals surface area contributed by atoms with Crippen molar-refractivity contribution in [1.29, 1.82) is 0 Å². The monoisotopic (exact) mass is 306 g/mol. The van der Waals surface area contributed by atoms with Crippen molar-refractivity contribution in [2.75, 3.05) is 13.2 Å². The van der Waals surface area contributed by atoms with Gasteiger partial charge in [-0.05, 0) is 24.6 Å². The highest BCUT2D eigenvalue weighted by Crippen LogP contribution is 2.26. The molecule has 1 aromatic carbocycles. The molecule has 0 N–H and O–H groups in total. The lowest BCUT2D eigenvalue weighted by molar-refractivity contribution is 0.160. The molecule has 0 radical (unpaired) electrons. The molecule has 7 heteroatoms. The summed E-state index contributed by atoms with van der Waals surface area (Å²) in [5, 5.41) is 0. The van der Waals surface area contributed by atoms with Crippen LogP contribution in [0.2, 0.25) is 0 Å². The average Bonchev–Trinajstić information content (AvgIpc) is 2.51. The van der Waals surface area contributed by atoms with Gasteiger partial charge in [0.05, 0.1) is 13.2 Å². The van der Waals surface area contributed by atoms with Gasteiger partial charge in [0.1, 0.15) is 12.1 Å². The SMILES string of the molecule is Cc1cncnc1Oc1ccc(C2COS(=O)OC2)cc1. The molecule has 0 bridgehead atoms. The number of nitrogens with zero attached hydrogens (tertiary/aromatic N) is 2. The summed E-state index contributed by atoms with van der Waals surface area (Å²) in [5.41, 5.74) is 1.93. The van der Waals surface area contributed by atoms with Gasteiger partial charge in [0.2, 0.25) is 5.88 Å². The molecule has 1 aromatic heterocycles. The van der Waals surface area contributed by atoms with Gasteiger partial charge in [0.15, 0.2) is 0 Å². The van der Waals surface area contributed by atoms with E-state index in [-0.39, 0.29) is 5.92 Å². The summed E-state index contributed by atoms with van der Waals surface area (Å²) in [6.45, 7) is 2.66. The van der Waals surface area contributed by atoms with Crippen LogP contribution in [-0.4, -0.2) is 27.4 Å². The van der Waals surface area contributed by atoms with E-state index in [0.717, 1.165) is 11.1 Å². The Morgan fingerprint density at radius 2 is 1.95 bits per heavy atom. The van der Waals surface area contributed by atoms with Crippen molar-refractivity contribution in [3.63, 3.8) is 0 Å². The van der Waals surface area contributed by atoms with E-state index >= 15 is 0 Å². The van der Waals surface area contributed by atoms with Crippen molar-refractivity contribution in [3.8, 4) is 11.6 Å². The molecule has 2 aromatic rings. The first-order chi connectivity index (χ1) is 10.2. The Bertz CT molecular complexity index is 638. The minimum Gasteiger partial charge on any atom is -0.439 e.